The maximum atomic E-state index is 13.0. The van der Waals surface area contributed by atoms with Gasteiger partial charge in [-0.2, -0.15) is 0 Å². The second-order valence-corrected chi connectivity index (χ2v) is 7.20. The summed E-state index contributed by atoms with van der Waals surface area (Å²) in [5.74, 6) is 1.54. The van der Waals surface area contributed by atoms with Crippen LogP contribution < -0.4 is 4.74 Å². The quantitative estimate of drug-likeness (QED) is 0.835. The van der Waals surface area contributed by atoms with Gasteiger partial charge in [0.05, 0.1) is 18.8 Å². The third-order valence-electron chi connectivity index (χ3n) is 5.30. The minimum absolute atomic E-state index is 0.0240. The predicted octanol–water partition coefficient (Wildman–Crippen LogP) is 2.90. The van der Waals surface area contributed by atoms with E-state index < -0.39 is 0 Å². The SMILES string of the molecule is O=C(CN1C[C@H]2C[C@@H](Oc3ccc(F)cc3)C[C@H]2C1)c1ccc(O)cn1. The summed E-state index contributed by atoms with van der Waals surface area (Å²) < 4.78 is 18.9. The molecule has 1 aliphatic heterocycles. The van der Waals surface area contributed by atoms with E-state index in [1.807, 2.05) is 0 Å². The van der Waals surface area contributed by atoms with Crippen LogP contribution in [0.5, 0.6) is 11.5 Å². The summed E-state index contributed by atoms with van der Waals surface area (Å²) in [7, 11) is 0. The van der Waals surface area contributed by atoms with Crippen molar-refractivity contribution in [2.24, 2.45) is 11.8 Å². The van der Waals surface area contributed by atoms with Crippen LogP contribution in [-0.4, -0.2) is 46.5 Å². The molecule has 1 N–H and O–H groups in total. The first-order valence-corrected chi connectivity index (χ1v) is 8.89. The molecule has 6 heteroatoms. The molecule has 1 saturated carbocycles. The second-order valence-electron chi connectivity index (χ2n) is 7.20. The largest absolute Gasteiger partial charge is 0.506 e. The van der Waals surface area contributed by atoms with Crippen LogP contribution in [0.4, 0.5) is 4.39 Å². The summed E-state index contributed by atoms with van der Waals surface area (Å²) >= 11 is 0. The molecule has 136 valence electrons. The Kier molecular flexibility index (Phi) is 4.59. The van der Waals surface area contributed by atoms with Crippen molar-refractivity contribution in [3.8, 4) is 11.5 Å². The van der Waals surface area contributed by atoms with Crippen LogP contribution >= 0.6 is 0 Å². The molecule has 0 radical (unpaired) electrons. The third kappa shape index (κ3) is 3.70. The van der Waals surface area contributed by atoms with Gasteiger partial charge >= 0.3 is 0 Å². The highest BCUT2D eigenvalue weighted by atomic mass is 19.1. The van der Waals surface area contributed by atoms with Gasteiger partial charge in [-0.25, -0.2) is 9.37 Å². The second kappa shape index (κ2) is 7.03. The van der Waals surface area contributed by atoms with Crippen LogP contribution in [0.15, 0.2) is 42.6 Å². The van der Waals surface area contributed by atoms with Gasteiger partial charge in [0, 0.05) is 13.1 Å². The molecule has 0 unspecified atom stereocenters. The lowest BCUT2D eigenvalue weighted by Crippen LogP contribution is -2.30. The summed E-state index contributed by atoms with van der Waals surface area (Å²) in [5, 5.41) is 9.26. The van der Waals surface area contributed by atoms with E-state index in [4.69, 9.17) is 4.74 Å². The van der Waals surface area contributed by atoms with Gasteiger partial charge in [0.2, 0.25) is 0 Å². The smallest absolute Gasteiger partial charge is 0.195 e. The predicted molar refractivity (Wildman–Crippen MR) is 93.7 cm³/mol. The molecule has 0 spiro atoms. The highest BCUT2D eigenvalue weighted by Crippen LogP contribution is 2.39. The van der Waals surface area contributed by atoms with Crippen molar-refractivity contribution in [3.63, 3.8) is 0 Å². The first-order chi connectivity index (χ1) is 12.6. The molecule has 1 saturated heterocycles. The minimum atomic E-state index is -0.260. The zero-order valence-electron chi connectivity index (χ0n) is 14.3. The molecule has 5 nitrogen and oxygen atoms in total. The number of carbonyl (C=O) groups is 1. The van der Waals surface area contributed by atoms with Gasteiger partial charge in [-0.15, -0.1) is 0 Å². The molecule has 2 aromatic rings. The summed E-state index contributed by atoms with van der Waals surface area (Å²) in [6.07, 6.45) is 3.38. The number of aromatic nitrogens is 1. The maximum absolute atomic E-state index is 13.0. The van der Waals surface area contributed by atoms with E-state index in [2.05, 4.69) is 9.88 Å². The van der Waals surface area contributed by atoms with E-state index in [1.165, 1.54) is 24.4 Å². The van der Waals surface area contributed by atoms with Crippen LogP contribution in [0.1, 0.15) is 23.3 Å². The number of hydrogen-bond donors (Lipinski definition) is 1. The topological polar surface area (TPSA) is 62.7 Å². The molecule has 1 aliphatic carbocycles. The van der Waals surface area contributed by atoms with Crippen molar-refractivity contribution in [2.45, 2.75) is 18.9 Å². The Morgan fingerprint density at radius 1 is 1.15 bits per heavy atom. The van der Waals surface area contributed by atoms with Crippen molar-refractivity contribution in [2.75, 3.05) is 19.6 Å². The molecule has 4 rings (SSSR count). The highest BCUT2D eigenvalue weighted by molar-refractivity contribution is 5.95. The van der Waals surface area contributed by atoms with Gasteiger partial charge in [-0.1, -0.05) is 0 Å². The fourth-order valence-corrected chi connectivity index (χ4v) is 4.11. The Labute approximate surface area is 151 Å². The normalized spacial score (nSPS) is 25.2. The molecule has 2 aliphatic rings. The van der Waals surface area contributed by atoms with Crippen LogP contribution in [-0.2, 0) is 0 Å². The van der Waals surface area contributed by atoms with Crippen LogP contribution in [0, 0.1) is 17.7 Å². The molecular weight excluding hydrogens is 335 g/mol. The molecule has 1 aromatic carbocycles. The first kappa shape index (κ1) is 17.0. The number of nitrogens with zero attached hydrogens (tertiary/aromatic N) is 2. The Morgan fingerprint density at radius 2 is 1.85 bits per heavy atom. The number of likely N-dealkylation sites (tertiary alicyclic amines) is 1. The lowest BCUT2D eigenvalue weighted by molar-refractivity contribution is 0.0931. The summed E-state index contributed by atoms with van der Waals surface area (Å²) in [4.78, 5) is 18.5. The zero-order valence-corrected chi connectivity index (χ0v) is 14.3. The van der Waals surface area contributed by atoms with E-state index in [-0.39, 0.29) is 23.5 Å². The molecule has 2 heterocycles. The Bertz CT molecular complexity index is 765. The minimum Gasteiger partial charge on any atom is -0.506 e. The molecule has 2 fully saturated rings. The number of aromatic hydroxyl groups is 1. The maximum Gasteiger partial charge on any atom is 0.195 e. The van der Waals surface area contributed by atoms with Gasteiger partial charge in [0.25, 0.3) is 0 Å². The molecule has 3 atom stereocenters. The lowest BCUT2D eigenvalue weighted by atomic mass is 10.0. The van der Waals surface area contributed by atoms with Gasteiger partial charge in [-0.05, 0) is 61.1 Å². The summed E-state index contributed by atoms with van der Waals surface area (Å²) in [6, 6.07) is 9.20. The van der Waals surface area contributed by atoms with Crippen molar-refractivity contribution in [1.82, 2.24) is 9.88 Å². The van der Waals surface area contributed by atoms with Crippen molar-refractivity contribution in [1.29, 1.82) is 0 Å². The lowest BCUT2D eigenvalue weighted by Gasteiger charge is -2.19. The highest BCUT2D eigenvalue weighted by Gasteiger charge is 2.42. The van der Waals surface area contributed by atoms with E-state index >= 15 is 0 Å². The summed E-state index contributed by atoms with van der Waals surface area (Å²) in [5.41, 5.74) is 0.386. The van der Waals surface area contributed by atoms with Crippen molar-refractivity contribution < 1.29 is 19.0 Å². The number of rotatable bonds is 5. The zero-order chi connectivity index (χ0) is 18.1. The van der Waals surface area contributed by atoms with Gasteiger partial charge in [-0.3, -0.25) is 9.69 Å². The third-order valence-corrected chi connectivity index (χ3v) is 5.30. The molecule has 26 heavy (non-hydrogen) atoms. The van der Waals surface area contributed by atoms with Gasteiger partial charge in [0.1, 0.15) is 23.0 Å². The number of pyridine rings is 1. The first-order valence-electron chi connectivity index (χ1n) is 8.89. The van der Waals surface area contributed by atoms with Crippen LogP contribution in [0.2, 0.25) is 0 Å². The van der Waals surface area contributed by atoms with Crippen molar-refractivity contribution >= 4 is 5.78 Å². The van der Waals surface area contributed by atoms with E-state index in [0.717, 1.165) is 25.9 Å². The average Bonchev–Trinajstić information content (AvgIpc) is 3.15. The van der Waals surface area contributed by atoms with E-state index in [0.29, 0.717) is 29.8 Å². The Hall–Kier alpha value is -2.47. The van der Waals surface area contributed by atoms with Crippen molar-refractivity contribution in [3.05, 3.63) is 54.1 Å². The number of ether oxygens (including phenoxy) is 1. The Balaban J connectivity index is 1.28. The van der Waals surface area contributed by atoms with E-state index in [1.54, 1.807) is 18.2 Å². The molecule has 0 amide bonds. The number of hydrogen-bond acceptors (Lipinski definition) is 5. The van der Waals surface area contributed by atoms with Gasteiger partial charge < -0.3 is 9.84 Å². The average molecular weight is 356 g/mol. The number of fused-ring (bicyclic) bond motifs is 1. The van der Waals surface area contributed by atoms with E-state index in [9.17, 15) is 14.3 Å². The Morgan fingerprint density at radius 3 is 2.46 bits per heavy atom. The number of carbonyl (C=O) groups excluding carboxylic acids is 1. The fourth-order valence-electron chi connectivity index (χ4n) is 4.11. The number of ketones is 1. The van der Waals surface area contributed by atoms with Crippen LogP contribution in [0.3, 0.4) is 0 Å². The standard InChI is InChI=1S/C20H21FN2O3/c21-15-1-4-17(5-2-15)26-18-7-13-10-23(11-14(13)8-18)12-20(25)19-6-3-16(24)9-22-19/h1-6,9,13-14,18,24H,7-8,10-12H2/t13-,14+,18-. The fraction of sp³-hybridized carbons (Fsp3) is 0.400. The number of Topliss-reactive ketones (excluding diaryl/α,β-unsaturated/α-hetero) is 1. The molecular formula is C20H21FN2O3. The number of halogens is 1. The monoisotopic (exact) mass is 356 g/mol. The number of benzene rings is 1. The molecule has 0 bridgehead atoms. The summed E-state index contributed by atoms with van der Waals surface area (Å²) in [6.45, 7) is 2.13. The molecule has 1 aromatic heterocycles. The van der Waals surface area contributed by atoms with Crippen LogP contribution in [0.25, 0.3) is 0 Å². The van der Waals surface area contributed by atoms with Gasteiger partial charge in [0.15, 0.2) is 5.78 Å².